The summed E-state index contributed by atoms with van der Waals surface area (Å²) in [6.45, 7) is 46.8. The summed E-state index contributed by atoms with van der Waals surface area (Å²) in [5.41, 5.74) is 0. The van der Waals surface area contributed by atoms with Gasteiger partial charge in [0.2, 0.25) is 0 Å². The zero-order valence-corrected chi connectivity index (χ0v) is 58.4. The van der Waals surface area contributed by atoms with E-state index in [1.54, 1.807) is 0 Å². The highest BCUT2D eigenvalue weighted by atomic mass is 28.6. The van der Waals surface area contributed by atoms with Crippen LogP contribution in [0.25, 0.3) is 0 Å². The van der Waals surface area contributed by atoms with Crippen LogP contribution in [0.4, 0.5) is 0 Å². The minimum absolute atomic E-state index is 0.0757. The molecule has 1 N–H and O–H groups in total. The summed E-state index contributed by atoms with van der Waals surface area (Å²) in [6.07, 6.45) is -0.0757. The van der Waals surface area contributed by atoms with Gasteiger partial charge in [-0.05, 0) is 157 Å². The quantitative estimate of drug-likeness (QED) is 0.154. The van der Waals surface area contributed by atoms with E-state index in [2.05, 4.69) is 0 Å². The zero-order chi connectivity index (χ0) is 48.1. The van der Waals surface area contributed by atoms with Gasteiger partial charge in [-0.3, -0.25) is 0 Å². The molecule has 0 spiro atoms. The summed E-state index contributed by atoms with van der Waals surface area (Å²) >= 11 is 0. The fourth-order valence-electron chi connectivity index (χ4n) is 4.83. The Morgan fingerprint density at radius 3 is 1.18 bits per heavy atom. The smallest absolute Gasteiger partial charge is 0.435 e. The summed E-state index contributed by atoms with van der Waals surface area (Å²) in [6, 6.07) is 0. The maximum atomic E-state index is 13.2. The Morgan fingerprint density at radius 1 is 0.435 bits per heavy atom. The van der Waals surface area contributed by atoms with Gasteiger partial charge in [0.15, 0.2) is 66.5 Å². The molecule has 4 aliphatic heterocycles. The third-order valence-corrected chi connectivity index (χ3v) is 51.1. The van der Waals surface area contributed by atoms with Crippen molar-refractivity contribution in [3.8, 4) is 0 Å². The fourth-order valence-corrected chi connectivity index (χ4v) is 57.0. The summed E-state index contributed by atoms with van der Waals surface area (Å²) in [4.78, 5) is 13.2. The van der Waals surface area contributed by atoms with Gasteiger partial charge in [-0.2, -0.15) is 0 Å². The van der Waals surface area contributed by atoms with Gasteiger partial charge < -0.3 is 83.3 Å². The molecule has 4 rings (SSSR count). The van der Waals surface area contributed by atoms with Gasteiger partial charge in [0, 0.05) is 0 Å². The fraction of sp³-hybridized carbons (Fsp3) is 1.00. The Balaban J connectivity index is 2.72. The average Bonchev–Trinajstić information content (AvgIpc) is 2.86. The first-order valence-corrected chi connectivity index (χ1v) is 60.7. The summed E-state index contributed by atoms with van der Waals surface area (Å²) in [7, 11) is -56.0. The van der Waals surface area contributed by atoms with Crippen molar-refractivity contribution < 1.29 is 83.3 Å². The van der Waals surface area contributed by atoms with Crippen LogP contribution in [-0.4, -0.2) is 161 Å². The zero-order valence-electron chi connectivity index (χ0n) is 41.4. The second kappa shape index (κ2) is 20.2. The first kappa shape index (κ1) is 59.2. The van der Waals surface area contributed by atoms with Gasteiger partial charge >= 0.3 is 83.6 Å². The molecule has 0 aliphatic carbocycles. The predicted octanol–water partition coefficient (Wildman–Crippen LogP) is 5.72. The van der Waals surface area contributed by atoms with Crippen LogP contribution < -0.4 is 0 Å². The van der Waals surface area contributed by atoms with Crippen molar-refractivity contribution in [2.75, 3.05) is 6.23 Å². The molecule has 0 aromatic heterocycles. The Morgan fingerprint density at radius 2 is 0.806 bits per heavy atom. The van der Waals surface area contributed by atoms with E-state index in [0.717, 1.165) is 0 Å². The molecule has 4 bridgehead atoms. The molecule has 62 heavy (non-hydrogen) atoms. The van der Waals surface area contributed by atoms with Gasteiger partial charge in [0.25, 0.3) is 0 Å². The van der Waals surface area contributed by atoms with Gasteiger partial charge in [-0.15, -0.1) is 0 Å². The number of rotatable bonds is 19. The summed E-state index contributed by atoms with van der Waals surface area (Å²) in [5.74, 6) is 0. The lowest BCUT2D eigenvalue weighted by molar-refractivity contribution is -0.0486. The lowest BCUT2D eigenvalue weighted by Gasteiger charge is -2.52. The van der Waals surface area contributed by atoms with E-state index < -0.39 is 150 Å². The topological polar surface area (TPSA) is 196 Å². The van der Waals surface area contributed by atoms with Crippen molar-refractivity contribution in [1.29, 1.82) is 0 Å². The van der Waals surface area contributed by atoms with Crippen LogP contribution >= 0.6 is 0 Å². The van der Waals surface area contributed by atoms with E-state index >= 15 is 0 Å². The first-order chi connectivity index (χ1) is 27.2. The molecule has 0 saturated carbocycles. The number of hydrogen-bond donors (Lipinski definition) is 1. The molecule has 4 fully saturated rings. The van der Waals surface area contributed by atoms with Gasteiger partial charge in [-0.1, -0.05) is 0 Å². The van der Waals surface area contributed by atoms with Crippen LogP contribution in [0.2, 0.25) is 157 Å². The maximum Gasteiger partial charge on any atom is 0.654 e. The van der Waals surface area contributed by atoms with Gasteiger partial charge in [-0.25, -0.2) is 0 Å². The van der Waals surface area contributed by atoms with Crippen LogP contribution in [-0.2, 0) is 78.5 Å². The van der Waals surface area contributed by atoms with Crippen molar-refractivity contribution in [2.24, 2.45) is 0 Å². The Hall–Kier alpha value is 2.89. The first-order valence-electron chi connectivity index (χ1n) is 20.4. The van der Waals surface area contributed by atoms with Crippen molar-refractivity contribution in [3.05, 3.63) is 0 Å². The highest BCUT2D eigenvalue weighted by Crippen LogP contribution is 2.43. The number of fused-ring (bicyclic) bond motifs is 8. The average molecular weight is 1170 g/mol. The molecule has 4 heterocycles. The van der Waals surface area contributed by atoms with E-state index in [9.17, 15) is 4.80 Å². The Labute approximate surface area is 394 Å². The third kappa shape index (κ3) is 21.1. The van der Waals surface area contributed by atoms with E-state index in [1.165, 1.54) is 0 Å². The second-order valence-corrected chi connectivity index (χ2v) is 78.8. The lowest BCUT2D eigenvalue weighted by Crippen LogP contribution is -2.82. The molecular formula is C25H75O20Si17. The van der Waals surface area contributed by atoms with Crippen molar-refractivity contribution >= 4 is 150 Å². The largest absolute Gasteiger partial charge is 0.654 e. The van der Waals surface area contributed by atoms with Crippen molar-refractivity contribution in [1.82, 2.24) is 0 Å². The van der Waals surface area contributed by atoms with E-state index in [1.807, 2.05) is 157 Å². The third-order valence-electron chi connectivity index (χ3n) is 6.05. The van der Waals surface area contributed by atoms with Crippen molar-refractivity contribution in [3.63, 3.8) is 0 Å². The standard InChI is InChI=1S/C25H75O20Si17/c1-49(2,3)27-25-48-32-61(38-55(19,20)21)42-58(35-52(10,11)12,29-46-28-50(4,5)6)40-57(26,34-51(7,8)9)41-59(36-53(13,14)15)30-47-31-60(44-61,37-54(16,17)18)45-62(33-48,43-59)39-56(22,23)24/h26H,25H2,1-24H3. The molecule has 20 nitrogen and oxygen atoms in total. The van der Waals surface area contributed by atoms with Gasteiger partial charge in [0.05, 0.1) is 6.23 Å². The molecule has 0 aromatic rings. The minimum Gasteiger partial charge on any atom is -0.435 e. The molecule has 37 heteroatoms. The van der Waals surface area contributed by atoms with Crippen LogP contribution in [0.5, 0.6) is 0 Å². The Kier molecular flexibility index (Phi) is 19.3. The molecular weight excluding hydrogens is 1100 g/mol. The highest BCUT2D eigenvalue weighted by molar-refractivity contribution is 6.97. The van der Waals surface area contributed by atoms with Gasteiger partial charge in [0.1, 0.15) is 0 Å². The minimum atomic E-state index is -5.28. The number of hydrogen-bond acceptors (Lipinski definition) is 20. The summed E-state index contributed by atoms with van der Waals surface area (Å²) < 4.78 is 132. The normalized spacial score (nSPS) is 33.2. The van der Waals surface area contributed by atoms with Crippen LogP contribution in [0, 0.1) is 0 Å². The molecule has 6 unspecified atom stereocenters. The van der Waals surface area contributed by atoms with E-state index in [0.29, 0.717) is 0 Å². The Bertz CT molecular complexity index is 1500. The highest BCUT2D eigenvalue weighted by Gasteiger charge is 2.80. The molecule has 5 radical (unpaired) electrons. The molecule has 0 amide bonds. The predicted molar refractivity (Wildman–Crippen MR) is 266 cm³/mol. The SMILES string of the molecule is C[Si](C)(C)OC[Si]1O[Si]2(O[Si](C)(C)C)O[Si](O[Si]O[Si](C)(C)C)(O[Si](C)(C)C)O[Si](O)(O[Si](C)(C)C)O[Si]3(O[Si](C)(C)C)O[Si]O[Si](O[Si](C)(C)C)(O2)O[Si](O[Si](C)(C)C)(O1)O3. The van der Waals surface area contributed by atoms with Crippen molar-refractivity contribution in [2.45, 2.75) is 157 Å². The molecule has 4 aliphatic rings. The van der Waals surface area contributed by atoms with Crippen LogP contribution in [0.1, 0.15) is 0 Å². The molecule has 0 aromatic carbocycles. The molecule has 4 saturated heterocycles. The molecule has 363 valence electrons. The van der Waals surface area contributed by atoms with E-state index in [4.69, 9.17) is 78.5 Å². The summed E-state index contributed by atoms with van der Waals surface area (Å²) in [5, 5.41) is 0. The maximum absolute atomic E-state index is 13.2. The second-order valence-electron chi connectivity index (χ2n) is 22.6. The van der Waals surface area contributed by atoms with Crippen LogP contribution in [0.3, 0.4) is 0 Å². The molecule has 6 atom stereocenters. The van der Waals surface area contributed by atoms with E-state index in [-0.39, 0.29) is 6.23 Å². The lowest BCUT2D eigenvalue weighted by atomic mass is 11.7. The van der Waals surface area contributed by atoms with Crippen LogP contribution in [0.15, 0.2) is 0 Å². The monoisotopic (exact) mass is 1170 g/mol.